The Balaban J connectivity index is 1.64. The first-order valence-corrected chi connectivity index (χ1v) is 9.45. The Labute approximate surface area is 164 Å². The van der Waals surface area contributed by atoms with E-state index in [0.29, 0.717) is 22.2 Å². The summed E-state index contributed by atoms with van der Waals surface area (Å²) in [6.07, 6.45) is 3.35. The number of benzene rings is 1. The van der Waals surface area contributed by atoms with Crippen molar-refractivity contribution < 1.29 is 13.6 Å². The highest BCUT2D eigenvalue weighted by Gasteiger charge is 2.25. The molecule has 0 radical (unpaired) electrons. The molecule has 3 aromatic heterocycles. The molecule has 0 spiro atoms. The van der Waals surface area contributed by atoms with Crippen molar-refractivity contribution in [3.8, 4) is 10.8 Å². The Hall–Kier alpha value is -3.26. The summed E-state index contributed by atoms with van der Waals surface area (Å²) < 4.78 is 21.7. The molecule has 8 heteroatoms. The van der Waals surface area contributed by atoms with Gasteiger partial charge in [0.25, 0.3) is 5.91 Å². The topological polar surface area (TPSA) is 73.0 Å². The summed E-state index contributed by atoms with van der Waals surface area (Å²) in [5.74, 6) is 1.07. The fourth-order valence-corrected chi connectivity index (χ4v) is 3.65. The van der Waals surface area contributed by atoms with Gasteiger partial charge in [0.15, 0.2) is 10.8 Å². The Kier molecular flexibility index (Phi) is 4.79. The minimum absolute atomic E-state index is 0.240. The molecule has 0 bridgehead atoms. The lowest BCUT2D eigenvalue weighted by molar-refractivity contribution is 0.0936. The minimum atomic E-state index is -0.746. The van der Waals surface area contributed by atoms with E-state index in [1.165, 1.54) is 17.4 Å². The van der Waals surface area contributed by atoms with E-state index in [0.717, 1.165) is 5.76 Å². The first-order valence-electron chi connectivity index (χ1n) is 8.58. The number of aryl methyl sites for hydroxylation is 2. The first-order chi connectivity index (χ1) is 13.5. The SMILES string of the molecule is Cc1ccc(-c2nc(C(=O)NC(c3ccccc3F)c3nccn3C)cs2)o1. The van der Waals surface area contributed by atoms with Crippen LogP contribution in [0.1, 0.15) is 33.7 Å². The summed E-state index contributed by atoms with van der Waals surface area (Å²) in [6.45, 7) is 1.84. The molecule has 0 saturated heterocycles. The highest BCUT2D eigenvalue weighted by molar-refractivity contribution is 7.13. The molecular formula is C20H17FN4O2S. The van der Waals surface area contributed by atoms with E-state index in [1.54, 1.807) is 47.6 Å². The predicted octanol–water partition coefficient (Wildman–Crippen LogP) is 4.10. The number of halogens is 1. The molecule has 0 aliphatic heterocycles. The van der Waals surface area contributed by atoms with Crippen LogP contribution in [0.3, 0.4) is 0 Å². The van der Waals surface area contributed by atoms with Crippen LogP contribution in [0.5, 0.6) is 0 Å². The van der Waals surface area contributed by atoms with Crippen LogP contribution in [-0.2, 0) is 7.05 Å². The second-order valence-electron chi connectivity index (χ2n) is 6.27. The van der Waals surface area contributed by atoms with E-state index < -0.39 is 17.8 Å². The number of hydrogen-bond donors (Lipinski definition) is 1. The number of amides is 1. The summed E-state index contributed by atoms with van der Waals surface area (Å²) in [5, 5.41) is 5.12. The maximum atomic E-state index is 14.4. The number of nitrogens with zero attached hydrogens (tertiary/aromatic N) is 3. The zero-order valence-electron chi connectivity index (χ0n) is 15.2. The van der Waals surface area contributed by atoms with Crippen molar-refractivity contribution in [2.45, 2.75) is 13.0 Å². The van der Waals surface area contributed by atoms with Gasteiger partial charge in [-0.3, -0.25) is 4.79 Å². The minimum Gasteiger partial charge on any atom is -0.459 e. The van der Waals surface area contributed by atoms with Crippen LogP contribution in [0.2, 0.25) is 0 Å². The van der Waals surface area contributed by atoms with Crippen molar-refractivity contribution in [2.24, 2.45) is 7.05 Å². The van der Waals surface area contributed by atoms with E-state index >= 15 is 0 Å². The fraction of sp³-hybridized carbons (Fsp3) is 0.150. The van der Waals surface area contributed by atoms with Crippen LogP contribution in [0.4, 0.5) is 4.39 Å². The van der Waals surface area contributed by atoms with E-state index in [1.807, 2.05) is 19.1 Å². The first kappa shape index (κ1) is 18.1. The van der Waals surface area contributed by atoms with Gasteiger partial charge in [0, 0.05) is 30.4 Å². The maximum absolute atomic E-state index is 14.4. The molecule has 1 atom stereocenters. The van der Waals surface area contributed by atoms with Gasteiger partial charge in [-0.15, -0.1) is 11.3 Å². The molecule has 0 fully saturated rings. The van der Waals surface area contributed by atoms with Gasteiger partial charge in [0.05, 0.1) is 0 Å². The van der Waals surface area contributed by atoms with Crippen molar-refractivity contribution in [3.63, 3.8) is 0 Å². The Bertz CT molecular complexity index is 1130. The van der Waals surface area contributed by atoms with Crippen LogP contribution < -0.4 is 5.32 Å². The molecule has 28 heavy (non-hydrogen) atoms. The van der Waals surface area contributed by atoms with Crippen LogP contribution in [0.25, 0.3) is 10.8 Å². The molecule has 142 valence electrons. The molecule has 1 amide bonds. The van der Waals surface area contributed by atoms with Crippen molar-refractivity contribution in [3.05, 3.63) is 82.8 Å². The molecule has 0 saturated carbocycles. The van der Waals surface area contributed by atoms with Crippen molar-refractivity contribution in [2.75, 3.05) is 0 Å². The lowest BCUT2D eigenvalue weighted by atomic mass is 10.1. The average Bonchev–Trinajstić information content (AvgIpc) is 3.41. The third-order valence-electron chi connectivity index (χ3n) is 4.30. The molecule has 4 aromatic rings. The number of hydrogen-bond acceptors (Lipinski definition) is 5. The summed E-state index contributed by atoms with van der Waals surface area (Å²) in [6, 6.07) is 9.22. The fourth-order valence-electron chi connectivity index (χ4n) is 2.89. The quantitative estimate of drug-likeness (QED) is 0.551. The van der Waals surface area contributed by atoms with E-state index in [2.05, 4.69) is 15.3 Å². The standard InChI is InChI=1S/C20H17FN4O2S/c1-12-7-8-16(27-12)20-23-15(11-28-20)19(26)24-17(18-22-9-10-25(18)2)13-5-3-4-6-14(13)21/h3-11,17H,1-2H3,(H,24,26). The molecular weight excluding hydrogens is 379 g/mol. The number of carbonyl (C=O) groups is 1. The van der Waals surface area contributed by atoms with Crippen LogP contribution in [0, 0.1) is 12.7 Å². The molecule has 3 heterocycles. The third kappa shape index (κ3) is 3.46. The van der Waals surface area contributed by atoms with Gasteiger partial charge in [0.2, 0.25) is 0 Å². The monoisotopic (exact) mass is 396 g/mol. The van der Waals surface area contributed by atoms with Gasteiger partial charge < -0.3 is 14.3 Å². The van der Waals surface area contributed by atoms with Crippen LogP contribution in [-0.4, -0.2) is 20.4 Å². The highest BCUT2D eigenvalue weighted by Crippen LogP contribution is 2.27. The molecule has 0 aliphatic carbocycles. The Morgan fingerprint density at radius 2 is 2.11 bits per heavy atom. The largest absolute Gasteiger partial charge is 0.459 e. The van der Waals surface area contributed by atoms with E-state index in [-0.39, 0.29) is 5.69 Å². The maximum Gasteiger partial charge on any atom is 0.271 e. The molecule has 4 rings (SSSR count). The molecule has 1 aromatic carbocycles. The zero-order chi connectivity index (χ0) is 19.7. The lowest BCUT2D eigenvalue weighted by Gasteiger charge is -2.19. The van der Waals surface area contributed by atoms with Gasteiger partial charge in [0.1, 0.15) is 29.1 Å². The van der Waals surface area contributed by atoms with Crippen LogP contribution >= 0.6 is 11.3 Å². The summed E-state index contributed by atoms with van der Waals surface area (Å²) >= 11 is 1.31. The average molecular weight is 396 g/mol. The summed E-state index contributed by atoms with van der Waals surface area (Å²) in [5.41, 5.74) is 0.576. The van der Waals surface area contributed by atoms with Crippen molar-refractivity contribution in [1.82, 2.24) is 19.9 Å². The van der Waals surface area contributed by atoms with E-state index in [4.69, 9.17) is 4.42 Å². The Morgan fingerprint density at radius 3 is 2.79 bits per heavy atom. The highest BCUT2D eigenvalue weighted by atomic mass is 32.1. The van der Waals surface area contributed by atoms with Gasteiger partial charge in [-0.1, -0.05) is 18.2 Å². The van der Waals surface area contributed by atoms with Gasteiger partial charge in [-0.05, 0) is 25.1 Å². The number of furan rings is 1. The van der Waals surface area contributed by atoms with Crippen LogP contribution in [0.15, 0.2) is 58.6 Å². The second-order valence-corrected chi connectivity index (χ2v) is 7.13. The zero-order valence-corrected chi connectivity index (χ0v) is 16.0. The smallest absolute Gasteiger partial charge is 0.271 e. The number of carbonyl (C=O) groups excluding carboxylic acids is 1. The van der Waals surface area contributed by atoms with Crippen molar-refractivity contribution in [1.29, 1.82) is 0 Å². The molecule has 6 nitrogen and oxygen atoms in total. The molecule has 0 aliphatic rings. The normalized spacial score (nSPS) is 12.1. The molecule has 1 N–H and O–H groups in total. The third-order valence-corrected chi connectivity index (χ3v) is 5.15. The number of nitrogens with one attached hydrogen (secondary N) is 1. The predicted molar refractivity (Wildman–Crippen MR) is 103 cm³/mol. The summed E-state index contributed by atoms with van der Waals surface area (Å²) in [4.78, 5) is 21.5. The number of aromatic nitrogens is 3. The Morgan fingerprint density at radius 1 is 1.29 bits per heavy atom. The molecule has 1 unspecified atom stereocenters. The number of rotatable bonds is 5. The second kappa shape index (κ2) is 7.40. The van der Waals surface area contributed by atoms with Gasteiger partial charge >= 0.3 is 0 Å². The van der Waals surface area contributed by atoms with Gasteiger partial charge in [-0.25, -0.2) is 14.4 Å². The number of imidazole rings is 1. The van der Waals surface area contributed by atoms with E-state index in [9.17, 15) is 9.18 Å². The summed E-state index contributed by atoms with van der Waals surface area (Å²) in [7, 11) is 1.79. The van der Waals surface area contributed by atoms with Crippen molar-refractivity contribution >= 4 is 17.2 Å². The van der Waals surface area contributed by atoms with Gasteiger partial charge in [-0.2, -0.15) is 0 Å². The lowest BCUT2D eigenvalue weighted by Crippen LogP contribution is -2.31. The number of thiazole rings is 1.